The lowest BCUT2D eigenvalue weighted by Crippen LogP contribution is -2.38. The van der Waals surface area contributed by atoms with Gasteiger partial charge in [0.25, 0.3) is 16.0 Å². The molecule has 0 aromatic carbocycles. The van der Waals surface area contributed by atoms with Crippen LogP contribution in [0.15, 0.2) is 46.3 Å². The number of amides is 1. The van der Waals surface area contributed by atoms with Crippen LogP contribution >= 0.6 is 24.8 Å². The van der Waals surface area contributed by atoms with E-state index in [1.54, 1.807) is 23.1 Å². The van der Waals surface area contributed by atoms with Gasteiger partial charge in [0.1, 0.15) is 10.7 Å². The molecule has 4 aliphatic heterocycles. The molecule has 8 nitrogen and oxygen atoms in total. The second-order valence-electron chi connectivity index (χ2n) is 7.24. The van der Waals surface area contributed by atoms with E-state index in [1.165, 1.54) is 0 Å². The summed E-state index contributed by atoms with van der Waals surface area (Å²) in [4.78, 5) is 14.2. The number of carbonyl (C=O) groups is 1. The van der Waals surface area contributed by atoms with E-state index < -0.39 is 16.0 Å². The summed E-state index contributed by atoms with van der Waals surface area (Å²) in [7, 11) is -4.56. The Labute approximate surface area is 183 Å². The first-order valence-corrected chi connectivity index (χ1v) is 10.7. The molecule has 4 aliphatic rings. The maximum Gasteiger partial charge on any atom is 0.297 e. The fourth-order valence-electron chi connectivity index (χ4n) is 4.15. The molecule has 2 saturated heterocycles. The third-order valence-corrected chi connectivity index (χ3v) is 6.43. The van der Waals surface area contributed by atoms with Crippen LogP contribution in [0.2, 0.25) is 0 Å². The average Bonchev–Trinajstić information content (AvgIpc) is 3.06. The van der Waals surface area contributed by atoms with Gasteiger partial charge >= 0.3 is 0 Å². The van der Waals surface area contributed by atoms with E-state index in [2.05, 4.69) is 16.0 Å². The zero-order chi connectivity index (χ0) is 19.0. The number of carbonyl (C=O) groups excluding carboxylic acids is 1. The van der Waals surface area contributed by atoms with Crippen molar-refractivity contribution in [3.63, 3.8) is 0 Å². The molecule has 4 N–H and O–H groups in total. The Balaban J connectivity index is 0.00000150. The van der Waals surface area contributed by atoms with Gasteiger partial charge in [-0.1, -0.05) is 6.08 Å². The molecule has 1 unspecified atom stereocenters. The molecule has 0 aromatic heterocycles. The van der Waals surface area contributed by atoms with Crippen molar-refractivity contribution in [3.8, 4) is 0 Å². The summed E-state index contributed by atoms with van der Waals surface area (Å²) in [6, 6.07) is -0.160. The molecule has 0 radical (unpaired) electrons. The van der Waals surface area contributed by atoms with E-state index in [9.17, 15) is 17.8 Å². The molecule has 0 aliphatic carbocycles. The Morgan fingerprint density at radius 2 is 2.00 bits per heavy atom. The van der Waals surface area contributed by atoms with Crippen molar-refractivity contribution in [1.29, 1.82) is 0 Å². The topological polar surface area (TPSA) is 111 Å². The summed E-state index contributed by atoms with van der Waals surface area (Å²) >= 11 is 0. The Kier molecular flexibility index (Phi) is 7.80. The van der Waals surface area contributed by atoms with Crippen molar-refractivity contribution in [2.24, 2.45) is 5.92 Å². The third kappa shape index (κ3) is 4.80. The molecule has 162 valence electrons. The van der Waals surface area contributed by atoms with Crippen molar-refractivity contribution in [2.45, 2.75) is 25.3 Å². The summed E-state index contributed by atoms with van der Waals surface area (Å²) in [5.74, 6) is 0.871. The fraction of sp³-hybridized carbons (Fsp3) is 0.500. The molecule has 0 aromatic rings. The highest BCUT2D eigenvalue weighted by Gasteiger charge is 2.41. The van der Waals surface area contributed by atoms with Gasteiger partial charge in [0.05, 0.1) is 17.3 Å². The van der Waals surface area contributed by atoms with E-state index in [0.29, 0.717) is 24.7 Å². The lowest BCUT2D eigenvalue weighted by molar-refractivity contribution is -0.117. The predicted molar refractivity (Wildman–Crippen MR) is 115 cm³/mol. The summed E-state index contributed by atoms with van der Waals surface area (Å²) in [6.45, 7) is 3.05. The zero-order valence-corrected chi connectivity index (χ0v) is 18.2. The number of nitrogens with one attached hydrogen (secondary N) is 3. The highest BCUT2D eigenvalue weighted by atomic mass is 35.5. The third-order valence-electron chi connectivity index (χ3n) is 5.49. The van der Waals surface area contributed by atoms with Crippen LogP contribution < -0.4 is 16.0 Å². The van der Waals surface area contributed by atoms with Crippen LogP contribution in [0, 0.1) is 5.92 Å². The van der Waals surface area contributed by atoms with E-state index in [0.717, 1.165) is 38.2 Å². The van der Waals surface area contributed by atoms with Crippen LogP contribution in [-0.4, -0.2) is 56.0 Å². The van der Waals surface area contributed by atoms with Crippen LogP contribution in [0.1, 0.15) is 19.3 Å². The fourth-order valence-corrected chi connectivity index (χ4v) is 5.02. The molecule has 11 heteroatoms. The van der Waals surface area contributed by atoms with Crippen LogP contribution in [0.5, 0.6) is 0 Å². The number of hydrogen-bond donors (Lipinski definition) is 4. The molecule has 1 amide bonds. The molecule has 4 heterocycles. The monoisotopic (exact) mass is 464 g/mol. The van der Waals surface area contributed by atoms with E-state index in [-0.39, 0.29) is 41.3 Å². The number of hydrogen-bond acceptors (Lipinski definition) is 6. The van der Waals surface area contributed by atoms with Crippen molar-refractivity contribution in [1.82, 2.24) is 20.9 Å². The first kappa shape index (κ1) is 23.8. The quantitative estimate of drug-likeness (QED) is 0.450. The molecular weight excluding hydrogens is 439 g/mol. The van der Waals surface area contributed by atoms with Gasteiger partial charge < -0.3 is 20.9 Å². The largest absolute Gasteiger partial charge is 0.369 e. The summed E-state index contributed by atoms with van der Waals surface area (Å²) in [6.07, 6.45) is 9.81. The van der Waals surface area contributed by atoms with Gasteiger partial charge in [-0.3, -0.25) is 9.35 Å². The molecule has 0 saturated carbocycles. The Morgan fingerprint density at radius 1 is 1.28 bits per heavy atom. The molecule has 2 fully saturated rings. The molecule has 29 heavy (non-hydrogen) atoms. The van der Waals surface area contributed by atoms with Crippen molar-refractivity contribution in [3.05, 3.63) is 46.3 Å². The molecule has 4 rings (SSSR count). The lowest BCUT2D eigenvalue weighted by atomic mass is 9.94. The summed E-state index contributed by atoms with van der Waals surface area (Å²) < 4.78 is 34.0. The molecular formula is C18H26Cl2N4O4S. The van der Waals surface area contributed by atoms with Crippen LogP contribution in [0.3, 0.4) is 0 Å². The SMILES string of the molecule is Cl.Cl.O=C(NCCC1CCNCC1)C1=CC2CNC3=CC=CC(=C1S(=O)(=O)O)N32. The molecule has 0 bridgehead atoms. The number of piperidine rings is 1. The Bertz CT molecular complexity index is 876. The van der Waals surface area contributed by atoms with E-state index in [4.69, 9.17) is 0 Å². The van der Waals surface area contributed by atoms with Gasteiger partial charge in [-0.05, 0) is 56.5 Å². The first-order chi connectivity index (χ1) is 12.9. The minimum atomic E-state index is -4.56. The van der Waals surface area contributed by atoms with Crippen molar-refractivity contribution < 1.29 is 17.8 Å². The minimum absolute atomic E-state index is 0. The zero-order valence-electron chi connectivity index (χ0n) is 15.8. The van der Waals surface area contributed by atoms with E-state index >= 15 is 0 Å². The van der Waals surface area contributed by atoms with Gasteiger partial charge in [0.15, 0.2) is 0 Å². The van der Waals surface area contributed by atoms with Crippen LogP contribution in [0.25, 0.3) is 0 Å². The van der Waals surface area contributed by atoms with Gasteiger partial charge in [-0.2, -0.15) is 8.42 Å². The molecule has 1 atom stereocenters. The van der Waals surface area contributed by atoms with Crippen molar-refractivity contribution >= 4 is 40.8 Å². The van der Waals surface area contributed by atoms with Crippen molar-refractivity contribution in [2.75, 3.05) is 26.2 Å². The van der Waals surface area contributed by atoms with Gasteiger partial charge in [0.2, 0.25) is 0 Å². The number of nitrogens with zero attached hydrogens (tertiary/aromatic N) is 1. The predicted octanol–water partition coefficient (Wildman–Crippen LogP) is 1.06. The normalized spacial score (nSPS) is 23.2. The maximum atomic E-state index is 12.8. The molecule has 0 spiro atoms. The van der Waals surface area contributed by atoms with Gasteiger partial charge in [-0.25, -0.2) is 0 Å². The number of rotatable bonds is 5. The van der Waals surface area contributed by atoms with Crippen LogP contribution in [-0.2, 0) is 14.9 Å². The smallest absolute Gasteiger partial charge is 0.297 e. The van der Waals surface area contributed by atoms with E-state index in [1.807, 2.05) is 6.08 Å². The lowest BCUT2D eigenvalue weighted by Gasteiger charge is -2.33. The van der Waals surface area contributed by atoms with Crippen LogP contribution in [0.4, 0.5) is 0 Å². The first-order valence-electron chi connectivity index (χ1n) is 9.29. The summed E-state index contributed by atoms with van der Waals surface area (Å²) in [5.41, 5.74) is 0.352. The second kappa shape index (κ2) is 9.53. The second-order valence-corrected chi connectivity index (χ2v) is 8.60. The highest BCUT2D eigenvalue weighted by molar-refractivity contribution is 7.90. The highest BCUT2D eigenvalue weighted by Crippen LogP contribution is 2.37. The number of allylic oxidation sites excluding steroid dienone is 3. The maximum absolute atomic E-state index is 12.8. The average molecular weight is 465 g/mol. The Morgan fingerprint density at radius 3 is 2.69 bits per heavy atom. The standard InChI is InChI=1S/C18H24N4O4S.2ClH/c23-18(20-9-6-12-4-7-19-8-5-12)14-10-13-11-21-16-3-1-2-15(22(13)16)17(14)27(24,25)26;;/h1-3,10,12-13,19,21H,4-9,11H2,(H,20,23)(H,24,25,26);2*1H. The summed E-state index contributed by atoms with van der Waals surface area (Å²) in [5, 5.41) is 9.34. The van der Waals surface area contributed by atoms with Gasteiger partial charge in [-0.15, -0.1) is 24.8 Å². The Hall–Kier alpha value is -1.52. The number of halogens is 2. The van der Waals surface area contributed by atoms with Gasteiger partial charge in [0, 0.05) is 13.1 Å². The minimum Gasteiger partial charge on any atom is -0.369 e.